The summed E-state index contributed by atoms with van der Waals surface area (Å²) in [6, 6.07) is 7.68. The van der Waals surface area contributed by atoms with Gasteiger partial charge in [0, 0.05) is 12.5 Å². The Labute approximate surface area is 148 Å². The van der Waals surface area contributed by atoms with Crippen molar-refractivity contribution in [2.45, 2.75) is 20.1 Å². The molecule has 130 valence electrons. The molecule has 1 aromatic rings. The van der Waals surface area contributed by atoms with Crippen LogP contribution in [0.25, 0.3) is 6.08 Å². The van der Waals surface area contributed by atoms with E-state index in [9.17, 15) is 4.79 Å². The number of para-hydroxylation sites is 1. The van der Waals surface area contributed by atoms with Crippen molar-refractivity contribution in [1.82, 2.24) is 0 Å². The molecule has 25 heavy (non-hydrogen) atoms. The van der Waals surface area contributed by atoms with Gasteiger partial charge in [0.25, 0.3) is 0 Å². The molecule has 4 rings (SSSR count). The molecule has 0 N–H and O–H groups in total. The number of hydrogen-bond donors (Lipinski definition) is 0. The van der Waals surface area contributed by atoms with Crippen LogP contribution in [0.1, 0.15) is 19.4 Å². The molecular weight excluding hydrogens is 314 g/mol. The van der Waals surface area contributed by atoms with Crippen molar-refractivity contribution < 1.29 is 14.3 Å². The third kappa shape index (κ3) is 3.91. The van der Waals surface area contributed by atoms with Crippen LogP contribution in [-0.2, 0) is 9.47 Å². The Balaban J connectivity index is 0.000000213. The summed E-state index contributed by atoms with van der Waals surface area (Å²) in [5.74, 6) is 0.648. The molecule has 4 nitrogen and oxygen atoms in total. The number of allylic oxidation sites excluding steroid dienone is 6. The maximum atomic E-state index is 12.0. The topological polar surface area (TPSA) is 38.8 Å². The van der Waals surface area contributed by atoms with E-state index in [0.29, 0.717) is 19.1 Å². The minimum atomic E-state index is -0.399. The summed E-state index contributed by atoms with van der Waals surface area (Å²) >= 11 is 0. The molecule has 1 aliphatic heterocycles. The van der Waals surface area contributed by atoms with Crippen molar-refractivity contribution in [3.05, 3.63) is 71.9 Å². The zero-order chi connectivity index (χ0) is 17.6. The molecular formula is C21H23NO3. The van der Waals surface area contributed by atoms with Crippen LogP contribution in [0.3, 0.4) is 0 Å². The highest BCUT2D eigenvalue weighted by Gasteiger charge is 2.29. The van der Waals surface area contributed by atoms with E-state index in [1.165, 1.54) is 5.57 Å². The first-order chi connectivity index (χ1) is 12.2. The molecule has 0 aromatic heterocycles. The lowest BCUT2D eigenvalue weighted by molar-refractivity contribution is 0.0830. The zero-order valence-electron chi connectivity index (χ0n) is 14.6. The fraction of sp³-hybridized carbons (Fsp3) is 0.286. The summed E-state index contributed by atoms with van der Waals surface area (Å²) in [4.78, 5) is 13.6. The van der Waals surface area contributed by atoms with E-state index < -0.39 is 6.23 Å². The van der Waals surface area contributed by atoms with E-state index in [1.807, 2.05) is 43.3 Å². The smallest absolute Gasteiger partial charge is 0.416 e. The molecule has 1 heterocycles. The molecule has 1 atom stereocenters. The van der Waals surface area contributed by atoms with Gasteiger partial charge in [0.05, 0.1) is 12.3 Å². The highest BCUT2D eigenvalue weighted by atomic mass is 16.6. The van der Waals surface area contributed by atoms with Gasteiger partial charge in [-0.3, -0.25) is 0 Å². The number of fused-ring (bicyclic) bond motifs is 2. The summed E-state index contributed by atoms with van der Waals surface area (Å²) in [5, 5.41) is 0. The molecule has 0 saturated carbocycles. The SMILES string of the molecule is C1=CC2C=CC1=C2.CCOC(=O)N1c2ccccc2C=CC1OCC. The molecule has 0 saturated heterocycles. The average Bonchev–Trinajstić information content (AvgIpc) is 3.28. The standard InChI is InChI=1S/C14H17NO3.C7H6/c1-3-17-13-10-9-11-7-5-6-8-12(11)15(13)14(16)18-4-2;1-2-7-4-3-6(1)5-7/h5-10,13H,3-4H2,1-2H3;1-6H. The molecule has 1 amide bonds. The Bertz CT molecular complexity index is 729. The van der Waals surface area contributed by atoms with E-state index in [2.05, 4.69) is 30.4 Å². The third-order valence-corrected chi connectivity index (χ3v) is 4.10. The monoisotopic (exact) mass is 337 g/mol. The average molecular weight is 337 g/mol. The first-order valence-electron chi connectivity index (χ1n) is 8.66. The lowest BCUT2D eigenvalue weighted by Crippen LogP contribution is -2.43. The van der Waals surface area contributed by atoms with Crippen molar-refractivity contribution >= 4 is 17.9 Å². The summed E-state index contributed by atoms with van der Waals surface area (Å²) < 4.78 is 10.6. The predicted octanol–water partition coefficient (Wildman–Crippen LogP) is 4.71. The fourth-order valence-electron chi connectivity index (χ4n) is 2.96. The minimum Gasteiger partial charge on any atom is -0.449 e. The van der Waals surface area contributed by atoms with Gasteiger partial charge < -0.3 is 9.47 Å². The van der Waals surface area contributed by atoms with Crippen LogP contribution in [0.4, 0.5) is 10.5 Å². The van der Waals surface area contributed by atoms with Crippen LogP contribution in [0.2, 0.25) is 0 Å². The van der Waals surface area contributed by atoms with Gasteiger partial charge in [0.15, 0.2) is 6.23 Å². The number of anilines is 1. The van der Waals surface area contributed by atoms with Crippen molar-refractivity contribution in [3.63, 3.8) is 0 Å². The largest absolute Gasteiger partial charge is 0.449 e. The second-order valence-corrected chi connectivity index (χ2v) is 5.80. The lowest BCUT2D eigenvalue weighted by atomic mass is 10.1. The van der Waals surface area contributed by atoms with Gasteiger partial charge >= 0.3 is 6.09 Å². The van der Waals surface area contributed by atoms with Gasteiger partial charge in [0.2, 0.25) is 0 Å². The molecule has 3 aliphatic rings. The Morgan fingerprint density at radius 3 is 2.36 bits per heavy atom. The number of benzene rings is 1. The number of nitrogens with zero attached hydrogens (tertiary/aromatic N) is 1. The summed E-state index contributed by atoms with van der Waals surface area (Å²) in [7, 11) is 0. The Hall–Kier alpha value is -2.59. The molecule has 0 spiro atoms. The lowest BCUT2D eigenvalue weighted by Gasteiger charge is -2.32. The number of amides is 1. The molecule has 4 heteroatoms. The molecule has 1 unspecified atom stereocenters. The fourth-order valence-corrected chi connectivity index (χ4v) is 2.96. The van der Waals surface area contributed by atoms with Crippen molar-refractivity contribution in [2.75, 3.05) is 18.1 Å². The van der Waals surface area contributed by atoms with Crippen LogP contribution in [0, 0.1) is 5.92 Å². The van der Waals surface area contributed by atoms with Crippen LogP contribution in [0.5, 0.6) is 0 Å². The van der Waals surface area contributed by atoms with Crippen LogP contribution in [0.15, 0.2) is 66.3 Å². The van der Waals surface area contributed by atoms with Gasteiger partial charge in [-0.25, -0.2) is 9.69 Å². The molecule has 2 aliphatic carbocycles. The van der Waals surface area contributed by atoms with Gasteiger partial charge in [-0.05, 0) is 37.1 Å². The van der Waals surface area contributed by atoms with Crippen LogP contribution in [-0.4, -0.2) is 25.5 Å². The number of rotatable bonds is 3. The van der Waals surface area contributed by atoms with Gasteiger partial charge in [-0.2, -0.15) is 0 Å². The van der Waals surface area contributed by atoms with E-state index >= 15 is 0 Å². The summed E-state index contributed by atoms with van der Waals surface area (Å²) in [6.45, 7) is 4.57. The van der Waals surface area contributed by atoms with Gasteiger partial charge in [-0.15, -0.1) is 0 Å². The Morgan fingerprint density at radius 1 is 1.04 bits per heavy atom. The number of carbonyl (C=O) groups excluding carboxylic acids is 1. The van der Waals surface area contributed by atoms with E-state index in [-0.39, 0.29) is 6.09 Å². The molecule has 1 aromatic carbocycles. The highest BCUT2D eigenvalue weighted by molar-refractivity contribution is 5.93. The van der Waals surface area contributed by atoms with Crippen LogP contribution >= 0.6 is 0 Å². The quantitative estimate of drug-likeness (QED) is 0.802. The molecule has 0 radical (unpaired) electrons. The van der Waals surface area contributed by atoms with Crippen molar-refractivity contribution in [3.8, 4) is 0 Å². The van der Waals surface area contributed by atoms with E-state index in [0.717, 1.165) is 11.3 Å². The molecule has 0 fully saturated rings. The van der Waals surface area contributed by atoms with Crippen molar-refractivity contribution in [1.29, 1.82) is 0 Å². The highest BCUT2D eigenvalue weighted by Crippen LogP contribution is 2.29. The normalized spacial score (nSPS) is 19.4. The second kappa shape index (κ2) is 7.99. The van der Waals surface area contributed by atoms with Crippen LogP contribution < -0.4 is 4.90 Å². The minimum absolute atomic E-state index is 0.347. The van der Waals surface area contributed by atoms with E-state index in [4.69, 9.17) is 9.47 Å². The summed E-state index contributed by atoms with van der Waals surface area (Å²) in [5.41, 5.74) is 3.18. The maximum Gasteiger partial charge on any atom is 0.416 e. The maximum absolute atomic E-state index is 12.0. The second-order valence-electron chi connectivity index (χ2n) is 5.80. The van der Waals surface area contributed by atoms with Gasteiger partial charge in [0.1, 0.15) is 0 Å². The summed E-state index contributed by atoms with van der Waals surface area (Å²) in [6.07, 6.45) is 14.0. The predicted molar refractivity (Wildman–Crippen MR) is 100 cm³/mol. The first-order valence-corrected chi connectivity index (χ1v) is 8.66. The number of hydrogen-bond acceptors (Lipinski definition) is 3. The molecule has 2 bridgehead atoms. The van der Waals surface area contributed by atoms with E-state index in [1.54, 1.807) is 11.8 Å². The zero-order valence-corrected chi connectivity index (χ0v) is 14.6. The number of carbonyl (C=O) groups is 1. The first kappa shape index (κ1) is 17.2. The van der Waals surface area contributed by atoms with Crippen molar-refractivity contribution in [2.24, 2.45) is 5.92 Å². The Morgan fingerprint density at radius 2 is 1.80 bits per heavy atom. The third-order valence-electron chi connectivity index (χ3n) is 4.10. The van der Waals surface area contributed by atoms with Gasteiger partial charge in [-0.1, -0.05) is 54.7 Å². The Kier molecular flexibility index (Phi) is 5.51. The number of ether oxygens (including phenoxy) is 2.